The van der Waals surface area contributed by atoms with E-state index in [-0.39, 0.29) is 12.2 Å². The van der Waals surface area contributed by atoms with E-state index in [0.29, 0.717) is 12.5 Å². The van der Waals surface area contributed by atoms with Crippen molar-refractivity contribution in [2.24, 2.45) is 5.92 Å². The number of aliphatic hydroxyl groups excluding tert-OH is 1. The Hall–Kier alpha value is -1.13. The molecular weight excluding hydrogens is 204 g/mol. The molecule has 0 radical (unpaired) electrons. The third kappa shape index (κ3) is 4.59. The number of nitrogens with zero attached hydrogens (tertiary/aromatic N) is 1. The summed E-state index contributed by atoms with van der Waals surface area (Å²) in [6, 6.07) is 5.17. The van der Waals surface area contributed by atoms with Gasteiger partial charge < -0.3 is 15.0 Å². The van der Waals surface area contributed by atoms with Crippen LogP contribution in [0.5, 0.6) is 0 Å². The van der Waals surface area contributed by atoms with Crippen LogP contribution in [0.15, 0.2) is 29.2 Å². The van der Waals surface area contributed by atoms with Crippen molar-refractivity contribution in [1.82, 2.24) is 9.88 Å². The molecule has 0 aliphatic carbocycles. The van der Waals surface area contributed by atoms with Crippen molar-refractivity contribution < 1.29 is 5.11 Å². The highest BCUT2D eigenvalue weighted by Crippen LogP contribution is 1.97. The molecule has 1 rings (SSSR count). The highest BCUT2D eigenvalue weighted by Gasteiger charge is 2.00. The Labute approximate surface area is 95.9 Å². The summed E-state index contributed by atoms with van der Waals surface area (Å²) in [5.74, 6) is 0.470. The first-order chi connectivity index (χ1) is 7.74. The van der Waals surface area contributed by atoms with Crippen LogP contribution >= 0.6 is 0 Å². The van der Waals surface area contributed by atoms with Crippen molar-refractivity contribution in [2.45, 2.75) is 19.9 Å². The van der Waals surface area contributed by atoms with Crippen LogP contribution in [0.4, 0.5) is 0 Å². The largest absolute Gasteiger partial charge is 0.396 e. The van der Waals surface area contributed by atoms with Gasteiger partial charge in [0.25, 0.3) is 5.56 Å². The second-order valence-corrected chi connectivity index (χ2v) is 4.05. The molecule has 90 valence electrons. The first-order valence-electron chi connectivity index (χ1n) is 5.71. The van der Waals surface area contributed by atoms with Gasteiger partial charge in [-0.25, -0.2) is 0 Å². The van der Waals surface area contributed by atoms with Crippen LogP contribution in [0.3, 0.4) is 0 Å². The lowest BCUT2D eigenvalue weighted by Gasteiger charge is -2.11. The lowest BCUT2D eigenvalue weighted by Crippen LogP contribution is -2.29. The predicted octanol–water partition coefficient (Wildman–Crippen LogP) is 0.456. The molecule has 2 N–H and O–H groups in total. The molecule has 4 heteroatoms. The molecule has 0 aliphatic heterocycles. The Morgan fingerprint density at radius 1 is 1.50 bits per heavy atom. The molecule has 16 heavy (non-hydrogen) atoms. The van der Waals surface area contributed by atoms with Gasteiger partial charge in [-0.1, -0.05) is 13.0 Å². The molecule has 0 bridgehead atoms. The number of hydrogen-bond acceptors (Lipinski definition) is 3. The van der Waals surface area contributed by atoms with Crippen molar-refractivity contribution in [1.29, 1.82) is 0 Å². The molecule has 0 saturated heterocycles. The zero-order chi connectivity index (χ0) is 11.8. The van der Waals surface area contributed by atoms with Crippen LogP contribution < -0.4 is 10.9 Å². The van der Waals surface area contributed by atoms with Crippen molar-refractivity contribution in [3.8, 4) is 0 Å². The normalized spacial score (nSPS) is 12.6. The van der Waals surface area contributed by atoms with Crippen LogP contribution in [0.1, 0.15) is 13.3 Å². The van der Waals surface area contributed by atoms with Crippen LogP contribution in [-0.4, -0.2) is 29.4 Å². The number of aliphatic hydroxyl groups is 1. The van der Waals surface area contributed by atoms with Crippen LogP contribution in [-0.2, 0) is 6.54 Å². The van der Waals surface area contributed by atoms with E-state index in [9.17, 15) is 4.79 Å². The highest BCUT2D eigenvalue weighted by molar-refractivity contribution is 4.93. The molecule has 0 saturated carbocycles. The van der Waals surface area contributed by atoms with E-state index >= 15 is 0 Å². The Morgan fingerprint density at radius 2 is 2.31 bits per heavy atom. The first-order valence-corrected chi connectivity index (χ1v) is 5.71. The molecule has 1 atom stereocenters. The SMILES string of the molecule is CC(CCO)CNCCn1ccccc1=O. The third-order valence-corrected chi connectivity index (χ3v) is 2.54. The molecule has 1 aromatic rings. The van der Waals surface area contributed by atoms with Crippen molar-refractivity contribution in [2.75, 3.05) is 19.7 Å². The molecule has 1 heterocycles. The van der Waals surface area contributed by atoms with E-state index in [0.717, 1.165) is 19.5 Å². The fraction of sp³-hybridized carbons (Fsp3) is 0.583. The molecule has 0 aromatic carbocycles. The summed E-state index contributed by atoms with van der Waals surface area (Å²) < 4.78 is 1.68. The monoisotopic (exact) mass is 224 g/mol. The zero-order valence-corrected chi connectivity index (χ0v) is 9.72. The maximum absolute atomic E-state index is 11.4. The second-order valence-electron chi connectivity index (χ2n) is 4.05. The maximum atomic E-state index is 11.4. The molecule has 1 aromatic heterocycles. The van der Waals surface area contributed by atoms with Crippen LogP contribution in [0, 0.1) is 5.92 Å². The van der Waals surface area contributed by atoms with E-state index in [1.807, 2.05) is 6.07 Å². The van der Waals surface area contributed by atoms with Gasteiger partial charge in [0.15, 0.2) is 0 Å². The fourth-order valence-electron chi connectivity index (χ4n) is 1.52. The van der Waals surface area contributed by atoms with Gasteiger partial charge in [-0.3, -0.25) is 4.79 Å². The summed E-state index contributed by atoms with van der Waals surface area (Å²) in [4.78, 5) is 11.4. The van der Waals surface area contributed by atoms with Crippen LogP contribution in [0.25, 0.3) is 0 Å². The number of pyridine rings is 1. The van der Waals surface area contributed by atoms with Gasteiger partial charge in [-0.15, -0.1) is 0 Å². The average molecular weight is 224 g/mol. The van der Waals surface area contributed by atoms with E-state index in [2.05, 4.69) is 12.2 Å². The molecule has 1 unspecified atom stereocenters. The molecule has 0 spiro atoms. The van der Waals surface area contributed by atoms with Crippen molar-refractivity contribution in [3.05, 3.63) is 34.7 Å². The van der Waals surface area contributed by atoms with Gasteiger partial charge in [-0.05, 0) is 24.9 Å². The summed E-state index contributed by atoms with van der Waals surface area (Å²) >= 11 is 0. The van der Waals surface area contributed by atoms with Gasteiger partial charge in [0.2, 0.25) is 0 Å². The minimum atomic E-state index is 0.0349. The molecule has 0 fully saturated rings. The minimum absolute atomic E-state index is 0.0349. The summed E-state index contributed by atoms with van der Waals surface area (Å²) in [6.45, 7) is 4.67. The molecule has 4 nitrogen and oxygen atoms in total. The minimum Gasteiger partial charge on any atom is -0.396 e. The summed E-state index contributed by atoms with van der Waals surface area (Å²) in [7, 11) is 0. The number of aromatic nitrogens is 1. The summed E-state index contributed by atoms with van der Waals surface area (Å²) in [5, 5.41) is 12.0. The number of nitrogens with one attached hydrogen (secondary N) is 1. The van der Waals surface area contributed by atoms with Gasteiger partial charge in [0.1, 0.15) is 0 Å². The van der Waals surface area contributed by atoms with Gasteiger partial charge in [-0.2, -0.15) is 0 Å². The summed E-state index contributed by atoms with van der Waals surface area (Å²) in [6.07, 6.45) is 2.61. The molecule has 0 aliphatic rings. The van der Waals surface area contributed by atoms with E-state index in [1.54, 1.807) is 22.9 Å². The summed E-state index contributed by atoms with van der Waals surface area (Å²) in [5.41, 5.74) is 0.0349. The Morgan fingerprint density at radius 3 is 3.00 bits per heavy atom. The Balaban J connectivity index is 2.21. The zero-order valence-electron chi connectivity index (χ0n) is 9.72. The van der Waals surface area contributed by atoms with Gasteiger partial charge >= 0.3 is 0 Å². The van der Waals surface area contributed by atoms with Gasteiger partial charge in [0.05, 0.1) is 0 Å². The molecule has 0 amide bonds. The van der Waals surface area contributed by atoms with E-state index in [4.69, 9.17) is 5.11 Å². The van der Waals surface area contributed by atoms with Gasteiger partial charge in [0, 0.05) is 32.0 Å². The second kappa shape index (κ2) is 7.19. The standard InChI is InChI=1S/C12H20N2O2/c1-11(5-9-15)10-13-6-8-14-7-3-2-4-12(14)16/h2-4,7,11,13,15H,5-6,8-10H2,1H3. The van der Waals surface area contributed by atoms with E-state index in [1.165, 1.54) is 0 Å². The smallest absolute Gasteiger partial charge is 0.250 e. The van der Waals surface area contributed by atoms with Crippen molar-refractivity contribution >= 4 is 0 Å². The maximum Gasteiger partial charge on any atom is 0.250 e. The Bertz CT molecular complexity index is 349. The molecular formula is C12H20N2O2. The third-order valence-electron chi connectivity index (χ3n) is 2.54. The lowest BCUT2D eigenvalue weighted by atomic mass is 10.1. The number of rotatable bonds is 7. The highest BCUT2D eigenvalue weighted by atomic mass is 16.3. The Kier molecular flexibility index (Phi) is 5.82. The lowest BCUT2D eigenvalue weighted by molar-refractivity contribution is 0.260. The average Bonchev–Trinajstić information content (AvgIpc) is 2.27. The van der Waals surface area contributed by atoms with Crippen LogP contribution in [0.2, 0.25) is 0 Å². The fourth-order valence-corrected chi connectivity index (χ4v) is 1.52. The first kappa shape index (κ1) is 12.9. The van der Waals surface area contributed by atoms with E-state index < -0.39 is 0 Å². The predicted molar refractivity (Wildman–Crippen MR) is 64.4 cm³/mol. The quantitative estimate of drug-likeness (QED) is 0.661. The van der Waals surface area contributed by atoms with Crippen molar-refractivity contribution in [3.63, 3.8) is 0 Å². The topological polar surface area (TPSA) is 54.3 Å². The number of hydrogen-bond donors (Lipinski definition) is 2.